The van der Waals surface area contributed by atoms with E-state index in [0.717, 1.165) is 11.5 Å². The Morgan fingerprint density at radius 3 is 2.54 bits per heavy atom. The Hall–Kier alpha value is -0.630. The minimum absolute atomic E-state index is 0.495. The lowest BCUT2D eigenvalue weighted by atomic mass is 10.00. The summed E-state index contributed by atoms with van der Waals surface area (Å²) in [7, 11) is 1.71. The first kappa shape index (κ1) is 10.5. The Balaban J connectivity index is 3.10. The van der Waals surface area contributed by atoms with E-state index < -0.39 is 0 Å². The molecule has 0 aromatic heterocycles. The number of rotatable bonds is 3. The van der Waals surface area contributed by atoms with Crippen LogP contribution in [-0.4, -0.2) is 7.11 Å². The molecular formula is C11H16OS. The lowest BCUT2D eigenvalue weighted by molar-refractivity contribution is 0.407. The molecule has 0 saturated heterocycles. The zero-order chi connectivity index (χ0) is 9.84. The van der Waals surface area contributed by atoms with Gasteiger partial charge < -0.3 is 4.74 Å². The van der Waals surface area contributed by atoms with Crippen LogP contribution in [-0.2, 0) is 5.75 Å². The third kappa shape index (κ3) is 2.41. The van der Waals surface area contributed by atoms with Crippen LogP contribution in [0, 0.1) is 0 Å². The third-order valence-electron chi connectivity index (χ3n) is 2.10. The Morgan fingerprint density at radius 1 is 1.38 bits per heavy atom. The van der Waals surface area contributed by atoms with Gasteiger partial charge in [-0.2, -0.15) is 12.6 Å². The fourth-order valence-electron chi connectivity index (χ4n) is 1.33. The number of hydrogen-bond donors (Lipinski definition) is 1. The highest BCUT2D eigenvalue weighted by atomic mass is 32.1. The van der Waals surface area contributed by atoms with Gasteiger partial charge in [0.2, 0.25) is 0 Å². The first-order chi connectivity index (χ1) is 6.19. The molecule has 0 bridgehead atoms. The Labute approximate surface area is 85.5 Å². The van der Waals surface area contributed by atoms with Crippen LogP contribution in [0.15, 0.2) is 18.2 Å². The minimum atomic E-state index is 0.495. The average Bonchev–Trinajstić information content (AvgIpc) is 2.16. The van der Waals surface area contributed by atoms with Crippen molar-refractivity contribution in [2.45, 2.75) is 25.5 Å². The Morgan fingerprint density at radius 2 is 2.08 bits per heavy atom. The summed E-state index contributed by atoms with van der Waals surface area (Å²) in [4.78, 5) is 0. The Kier molecular flexibility index (Phi) is 3.67. The predicted molar refractivity (Wildman–Crippen MR) is 59.8 cm³/mol. The van der Waals surface area contributed by atoms with Crippen molar-refractivity contribution in [3.63, 3.8) is 0 Å². The zero-order valence-electron chi connectivity index (χ0n) is 8.37. The standard InChI is InChI=1S/C11H16OS/c1-8(2)10-6-9(7-13)4-5-11(10)12-3/h4-6,8,13H,7H2,1-3H3. The maximum Gasteiger partial charge on any atom is 0.122 e. The molecule has 0 spiro atoms. The second kappa shape index (κ2) is 4.56. The molecule has 0 heterocycles. The molecule has 0 unspecified atom stereocenters. The first-order valence-electron chi connectivity index (χ1n) is 4.46. The number of methoxy groups -OCH3 is 1. The van der Waals surface area contributed by atoms with Gasteiger partial charge >= 0.3 is 0 Å². The molecule has 1 nitrogen and oxygen atoms in total. The molecule has 0 aliphatic rings. The van der Waals surface area contributed by atoms with Crippen molar-refractivity contribution in [1.82, 2.24) is 0 Å². The van der Waals surface area contributed by atoms with Crippen molar-refractivity contribution in [3.05, 3.63) is 29.3 Å². The van der Waals surface area contributed by atoms with Gasteiger partial charge in [0.05, 0.1) is 7.11 Å². The number of ether oxygens (including phenoxy) is 1. The summed E-state index contributed by atoms with van der Waals surface area (Å²) in [5, 5.41) is 0. The van der Waals surface area contributed by atoms with Crippen molar-refractivity contribution in [2.75, 3.05) is 7.11 Å². The van der Waals surface area contributed by atoms with Gasteiger partial charge in [-0.3, -0.25) is 0 Å². The SMILES string of the molecule is COc1ccc(CS)cc1C(C)C. The maximum atomic E-state index is 5.28. The van der Waals surface area contributed by atoms with Gasteiger partial charge in [0.25, 0.3) is 0 Å². The summed E-state index contributed by atoms with van der Waals surface area (Å²) in [5.74, 6) is 2.25. The molecular weight excluding hydrogens is 180 g/mol. The summed E-state index contributed by atoms with van der Waals surface area (Å²) in [6.45, 7) is 4.33. The summed E-state index contributed by atoms with van der Waals surface area (Å²) < 4.78 is 5.28. The quantitative estimate of drug-likeness (QED) is 0.730. The molecule has 0 atom stereocenters. The van der Waals surface area contributed by atoms with Gasteiger partial charge in [0, 0.05) is 5.75 Å². The highest BCUT2D eigenvalue weighted by Crippen LogP contribution is 2.27. The smallest absolute Gasteiger partial charge is 0.122 e. The molecule has 72 valence electrons. The van der Waals surface area contributed by atoms with Crippen LogP contribution < -0.4 is 4.74 Å². The van der Waals surface area contributed by atoms with Crippen molar-refractivity contribution >= 4 is 12.6 Å². The molecule has 1 rings (SSSR count). The van der Waals surface area contributed by atoms with Gasteiger partial charge in [0.1, 0.15) is 5.75 Å². The summed E-state index contributed by atoms with van der Waals surface area (Å²) >= 11 is 4.25. The van der Waals surface area contributed by atoms with Crippen LogP contribution in [0.3, 0.4) is 0 Å². The van der Waals surface area contributed by atoms with Crippen LogP contribution in [0.4, 0.5) is 0 Å². The summed E-state index contributed by atoms with van der Waals surface area (Å²) in [6.07, 6.45) is 0. The van der Waals surface area contributed by atoms with E-state index in [1.165, 1.54) is 11.1 Å². The summed E-state index contributed by atoms with van der Waals surface area (Å²) in [6, 6.07) is 6.23. The molecule has 2 heteroatoms. The third-order valence-corrected chi connectivity index (χ3v) is 2.46. The van der Waals surface area contributed by atoms with Crippen molar-refractivity contribution in [1.29, 1.82) is 0 Å². The van der Waals surface area contributed by atoms with E-state index in [9.17, 15) is 0 Å². The monoisotopic (exact) mass is 196 g/mol. The van der Waals surface area contributed by atoms with E-state index in [2.05, 4.69) is 38.6 Å². The van der Waals surface area contributed by atoms with E-state index in [1.54, 1.807) is 7.11 Å². The van der Waals surface area contributed by atoms with Crippen LogP contribution in [0.25, 0.3) is 0 Å². The lowest BCUT2D eigenvalue weighted by Gasteiger charge is -2.12. The first-order valence-corrected chi connectivity index (χ1v) is 5.10. The zero-order valence-corrected chi connectivity index (χ0v) is 9.27. The predicted octanol–water partition coefficient (Wildman–Crippen LogP) is 3.25. The van der Waals surface area contributed by atoms with Crippen molar-refractivity contribution < 1.29 is 4.74 Å². The topological polar surface area (TPSA) is 9.23 Å². The molecule has 0 amide bonds. The van der Waals surface area contributed by atoms with Gasteiger partial charge in [-0.15, -0.1) is 0 Å². The minimum Gasteiger partial charge on any atom is -0.496 e. The van der Waals surface area contributed by atoms with Gasteiger partial charge in [-0.05, 0) is 23.1 Å². The van der Waals surface area contributed by atoms with Crippen LogP contribution in [0.2, 0.25) is 0 Å². The van der Waals surface area contributed by atoms with Crippen LogP contribution >= 0.6 is 12.6 Å². The Bertz CT molecular complexity index is 281. The van der Waals surface area contributed by atoms with E-state index in [0.29, 0.717) is 5.92 Å². The van der Waals surface area contributed by atoms with Crippen LogP contribution in [0.5, 0.6) is 5.75 Å². The molecule has 0 radical (unpaired) electrons. The van der Waals surface area contributed by atoms with E-state index >= 15 is 0 Å². The number of thiol groups is 1. The molecule has 1 aromatic carbocycles. The fourth-order valence-corrected chi connectivity index (χ4v) is 1.53. The van der Waals surface area contributed by atoms with Gasteiger partial charge in [-0.1, -0.05) is 26.0 Å². The highest BCUT2D eigenvalue weighted by molar-refractivity contribution is 7.79. The highest BCUT2D eigenvalue weighted by Gasteiger charge is 2.07. The second-order valence-electron chi connectivity index (χ2n) is 3.39. The number of hydrogen-bond acceptors (Lipinski definition) is 2. The molecule has 1 aromatic rings. The van der Waals surface area contributed by atoms with Crippen LogP contribution in [0.1, 0.15) is 30.9 Å². The largest absolute Gasteiger partial charge is 0.496 e. The molecule has 0 N–H and O–H groups in total. The lowest BCUT2D eigenvalue weighted by Crippen LogP contribution is -1.95. The maximum absolute atomic E-state index is 5.28. The van der Waals surface area contributed by atoms with E-state index in [4.69, 9.17) is 4.74 Å². The van der Waals surface area contributed by atoms with E-state index in [1.807, 2.05) is 6.07 Å². The second-order valence-corrected chi connectivity index (χ2v) is 3.71. The molecule has 0 fully saturated rings. The average molecular weight is 196 g/mol. The molecule has 0 aliphatic carbocycles. The molecule has 0 aliphatic heterocycles. The van der Waals surface area contributed by atoms with Crippen molar-refractivity contribution in [3.8, 4) is 5.75 Å². The fraction of sp³-hybridized carbons (Fsp3) is 0.455. The summed E-state index contributed by atoms with van der Waals surface area (Å²) in [5.41, 5.74) is 2.50. The normalized spacial score (nSPS) is 10.5. The van der Waals surface area contributed by atoms with Gasteiger partial charge in [-0.25, -0.2) is 0 Å². The van der Waals surface area contributed by atoms with Gasteiger partial charge in [0.15, 0.2) is 0 Å². The van der Waals surface area contributed by atoms with Crippen molar-refractivity contribution in [2.24, 2.45) is 0 Å². The molecule has 13 heavy (non-hydrogen) atoms. The number of benzene rings is 1. The van der Waals surface area contributed by atoms with E-state index in [-0.39, 0.29) is 0 Å². The molecule has 0 saturated carbocycles.